The molecule has 7 heteroatoms. The van der Waals surface area contributed by atoms with Gasteiger partial charge in [-0.3, -0.25) is 9.59 Å². The number of rotatable bonds is 10. The average molecular weight is 392 g/mol. The van der Waals surface area contributed by atoms with E-state index in [0.29, 0.717) is 35.2 Å². The minimum absolute atomic E-state index is 0.0121. The van der Waals surface area contributed by atoms with Gasteiger partial charge >= 0.3 is 5.97 Å². The lowest BCUT2D eigenvalue weighted by molar-refractivity contribution is -0.137. The van der Waals surface area contributed by atoms with Gasteiger partial charge in [-0.25, -0.2) is 0 Å². The number of hydrogen-bond acceptors (Lipinski definition) is 4. The van der Waals surface area contributed by atoms with Gasteiger partial charge in [-0.1, -0.05) is 36.7 Å². The molecule has 0 fully saturated rings. The Bertz CT molecular complexity index is 794. The number of nitrogens with one attached hydrogen (secondary N) is 1. The van der Waals surface area contributed by atoms with Crippen LogP contribution in [-0.2, 0) is 16.0 Å². The average Bonchev–Trinajstić information content (AvgIpc) is 2.65. The number of para-hydroxylation sites is 1. The third kappa shape index (κ3) is 6.83. The number of carboxylic acid groups (broad SMARTS) is 1. The molecule has 0 saturated heterocycles. The fraction of sp³-hybridized carbons (Fsp3) is 0.300. The third-order valence-corrected chi connectivity index (χ3v) is 3.91. The lowest BCUT2D eigenvalue weighted by Gasteiger charge is -2.14. The van der Waals surface area contributed by atoms with Crippen LogP contribution in [0.15, 0.2) is 42.5 Å². The summed E-state index contributed by atoms with van der Waals surface area (Å²) in [4.78, 5) is 23.0. The molecule has 27 heavy (non-hydrogen) atoms. The third-order valence-electron chi connectivity index (χ3n) is 3.60. The number of ether oxygens (including phenoxy) is 2. The second-order valence-electron chi connectivity index (χ2n) is 5.84. The summed E-state index contributed by atoms with van der Waals surface area (Å²) in [6.45, 7) is 2.28. The molecule has 2 aromatic carbocycles. The van der Waals surface area contributed by atoms with E-state index in [1.807, 2.05) is 6.92 Å². The van der Waals surface area contributed by atoms with E-state index >= 15 is 0 Å². The van der Waals surface area contributed by atoms with Crippen molar-refractivity contribution in [3.63, 3.8) is 0 Å². The van der Waals surface area contributed by atoms with E-state index in [0.717, 1.165) is 12.0 Å². The Morgan fingerprint density at radius 3 is 2.59 bits per heavy atom. The zero-order valence-electron chi connectivity index (χ0n) is 15.0. The van der Waals surface area contributed by atoms with Crippen molar-refractivity contribution in [1.29, 1.82) is 0 Å². The molecule has 0 aliphatic heterocycles. The first-order valence-corrected chi connectivity index (χ1v) is 9.02. The fourth-order valence-corrected chi connectivity index (χ4v) is 2.50. The molecule has 0 aliphatic carbocycles. The molecule has 1 amide bonds. The maximum atomic E-state index is 12.3. The molecular weight excluding hydrogens is 370 g/mol. The smallest absolute Gasteiger partial charge is 0.303 e. The molecule has 0 radical (unpaired) electrons. The summed E-state index contributed by atoms with van der Waals surface area (Å²) in [5, 5.41) is 12.0. The molecule has 144 valence electrons. The SMILES string of the molecule is CCCOc1ccc(CCC(=O)O)cc1NC(=O)COc1ccccc1Cl. The van der Waals surface area contributed by atoms with Crippen molar-refractivity contribution in [2.45, 2.75) is 26.2 Å². The first kappa shape index (κ1) is 20.6. The molecule has 2 aromatic rings. The minimum atomic E-state index is -0.875. The highest BCUT2D eigenvalue weighted by atomic mass is 35.5. The lowest BCUT2D eigenvalue weighted by atomic mass is 10.1. The Hall–Kier alpha value is -2.73. The van der Waals surface area contributed by atoms with E-state index in [9.17, 15) is 9.59 Å². The topological polar surface area (TPSA) is 84.9 Å². The molecule has 0 aliphatic rings. The summed E-state index contributed by atoms with van der Waals surface area (Å²) in [6.07, 6.45) is 1.20. The van der Waals surface area contributed by atoms with Gasteiger partial charge in [0.25, 0.3) is 5.91 Å². The van der Waals surface area contributed by atoms with Gasteiger partial charge in [0, 0.05) is 6.42 Å². The highest BCUT2D eigenvalue weighted by Gasteiger charge is 2.11. The maximum absolute atomic E-state index is 12.3. The van der Waals surface area contributed by atoms with Gasteiger partial charge in [0.2, 0.25) is 0 Å². The molecule has 0 spiro atoms. The van der Waals surface area contributed by atoms with Gasteiger partial charge < -0.3 is 19.9 Å². The second kappa shape index (κ2) is 10.4. The number of aryl methyl sites for hydroxylation is 1. The van der Waals surface area contributed by atoms with Crippen molar-refractivity contribution >= 4 is 29.2 Å². The van der Waals surface area contributed by atoms with Gasteiger partial charge in [0.05, 0.1) is 17.3 Å². The lowest BCUT2D eigenvalue weighted by Crippen LogP contribution is -2.21. The number of carbonyl (C=O) groups is 2. The highest BCUT2D eigenvalue weighted by molar-refractivity contribution is 6.32. The minimum Gasteiger partial charge on any atom is -0.491 e. The molecule has 0 saturated carbocycles. The fourth-order valence-electron chi connectivity index (χ4n) is 2.31. The van der Waals surface area contributed by atoms with Crippen LogP contribution in [0, 0.1) is 0 Å². The predicted molar refractivity (Wildman–Crippen MR) is 104 cm³/mol. The normalized spacial score (nSPS) is 10.3. The van der Waals surface area contributed by atoms with Crippen molar-refractivity contribution in [2.75, 3.05) is 18.5 Å². The van der Waals surface area contributed by atoms with Gasteiger partial charge in [0.1, 0.15) is 11.5 Å². The number of anilines is 1. The van der Waals surface area contributed by atoms with E-state index < -0.39 is 5.97 Å². The van der Waals surface area contributed by atoms with Crippen molar-refractivity contribution in [3.05, 3.63) is 53.1 Å². The Morgan fingerprint density at radius 1 is 1.11 bits per heavy atom. The molecule has 0 bridgehead atoms. The number of carbonyl (C=O) groups excluding carboxylic acids is 1. The summed E-state index contributed by atoms with van der Waals surface area (Å²) in [6, 6.07) is 12.1. The summed E-state index contributed by atoms with van der Waals surface area (Å²) < 4.78 is 11.1. The van der Waals surface area contributed by atoms with Crippen LogP contribution in [0.1, 0.15) is 25.3 Å². The summed E-state index contributed by atoms with van der Waals surface area (Å²) in [5.41, 5.74) is 1.28. The Labute approximate surface area is 163 Å². The van der Waals surface area contributed by atoms with Crippen molar-refractivity contribution in [2.24, 2.45) is 0 Å². The number of halogens is 1. The monoisotopic (exact) mass is 391 g/mol. The zero-order chi connectivity index (χ0) is 19.6. The van der Waals surface area contributed by atoms with Crippen LogP contribution in [0.5, 0.6) is 11.5 Å². The molecule has 2 rings (SSSR count). The van der Waals surface area contributed by atoms with Crippen LogP contribution in [0.3, 0.4) is 0 Å². The van der Waals surface area contributed by atoms with Crippen LogP contribution in [0.25, 0.3) is 0 Å². The Kier molecular flexibility index (Phi) is 7.95. The Morgan fingerprint density at radius 2 is 1.89 bits per heavy atom. The van der Waals surface area contributed by atoms with E-state index in [1.165, 1.54) is 0 Å². The molecule has 0 aromatic heterocycles. The second-order valence-corrected chi connectivity index (χ2v) is 6.25. The van der Waals surface area contributed by atoms with Crippen molar-refractivity contribution < 1.29 is 24.2 Å². The van der Waals surface area contributed by atoms with Crippen molar-refractivity contribution in [3.8, 4) is 11.5 Å². The van der Waals surface area contributed by atoms with E-state index in [2.05, 4.69) is 5.32 Å². The Balaban J connectivity index is 2.06. The van der Waals surface area contributed by atoms with Crippen molar-refractivity contribution in [1.82, 2.24) is 0 Å². The summed E-state index contributed by atoms with van der Waals surface area (Å²) in [5.74, 6) is -0.291. The number of hydrogen-bond donors (Lipinski definition) is 2. The summed E-state index contributed by atoms with van der Waals surface area (Å²) >= 11 is 6.01. The van der Waals surface area contributed by atoms with Crippen LogP contribution in [-0.4, -0.2) is 30.2 Å². The van der Waals surface area contributed by atoms with Crippen LogP contribution >= 0.6 is 11.6 Å². The molecule has 0 heterocycles. The van der Waals surface area contributed by atoms with E-state index in [-0.39, 0.29) is 18.9 Å². The van der Waals surface area contributed by atoms with Gasteiger partial charge in [-0.15, -0.1) is 0 Å². The molecule has 0 atom stereocenters. The number of amides is 1. The summed E-state index contributed by atoms with van der Waals surface area (Å²) in [7, 11) is 0. The van der Waals surface area contributed by atoms with Gasteiger partial charge in [-0.2, -0.15) is 0 Å². The van der Waals surface area contributed by atoms with Gasteiger partial charge in [-0.05, 0) is 42.7 Å². The van der Waals surface area contributed by atoms with E-state index in [1.54, 1.807) is 42.5 Å². The quantitative estimate of drug-likeness (QED) is 0.635. The standard InChI is InChI=1S/C20H22ClNO5/c1-2-11-26-18-9-7-14(8-10-20(24)25)12-16(18)22-19(23)13-27-17-6-4-3-5-15(17)21/h3-7,9,12H,2,8,10-11,13H2,1H3,(H,22,23)(H,24,25). The number of aliphatic carboxylic acids is 1. The van der Waals surface area contributed by atoms with Crippen LogP contribution < -0.4 is 14.8 Å². The molecule has 2 N–H and O–H groups in total. The van der Waals surface area contributed by atoms with Crippen LogP contribution in [0.4, 0.5) is 5.69 Å². The number of benzene rings is 2. The first-order chi connectivity index (χ1) is 13.0. The van der Waals surface area contributed by atoms with E-state index in [4.69, 9.17) is 26.2 Å². The largest absolute Gasteiger partial charge is 0.491 e. The predicted octanol–water partition coefficient (Wildman–Crippen LogP) is 4.16. The molecular formula is C20H22ClNO5. The number of carboxylic acids is 1. The molecule has 0 unspecified atom stereocenters. The maximum Gasteiger partial charge on any atom is 0.303 e. The van der Waals surface area contributed by atoms with Gasteiger partial charge in [0.15, 0.2) is 6.61 Å². The first-order valence-electron chi connectivity index (χ1n) is 8.64. The van der Waals surface area contributed by atoms with Crippen LogP contribution in [0.2, 0.25) is 5.02 Å². The highest BCUT2D eigenvalue weighted by Crippen LogP contribution is 2.27. The zero-order valence-corrected chi connectivity index (χ0v) is 15.8. The molecule has 6 nitrogen and oxygen atoms in total.